The molecule has 1 saturated heterocycles. The van der Waals surface area contributed by atoms with Crippen molar-refractivity contribution in [1.82, 2.24) is 20.3 Å². The van der Waals surface area contributed by atoms with Gasteiger partial charge < -0.3 is 10.1 Å². The Morgan fingerprint density at radius 3 is 2.92 bits per heavy atom. The summed E-state index contributed by atoms with van der Waals surface area (Å²) < 4.78 is 7.04. The Bertz CT molecular complexity index is 660. The van der Waals surface area contributed by atoms with Crippen molar-refractivity contribution in [2.24, 2.45) is 5.92 Å². The molecule has 3 rings (SSSR count). The van der Waals surface area contributed by atoms with E-state index in [-0.39, 0.29) is 11.8 Å². The van der Waals surface area contributed by atoms with Crippen LogP contribution in [0.3, 0.4) is 0 Å². The highest BCUT2D eigenvalue weighted by molar-refractivity contribution is 5.78. The average molecular weight is 328 g/mol. The van der Waals surface area contributed by atoms with Gasteiger partial charge in [-0.1, -0.05) is 30.7 Å². The maximum Gasteiger partial charge on any atom is 0.225 e. The van der Waals surface area contributed by atoms with Gasteiger partial charge in [-0.2, -0.15) is 0 Å². The Morgan fingerprint density at radius 1 is 1.38 bits per heavy atom. The molecule has 2 aromatic rings. The number of ether oxygens (including phenoxy) is 1. The maximum absolute atomic E-state index is 12.0. The van der Waals surface area contributed by atoms with Crippen LogP contribution in [0.5, 0.6) is 0 Å². The fourth-order valence-corrected chi connectivity index (χ4v) is 2.74. The van der Waals surface area contributed by atoms with Crippen LogP contribution in [0.4, 0.5) is 0 Å². The molecule has 0 bridgehead atoms. The van der Waals surface area contributed by atoms with Crippen LogP contribution in [0.1, 0.15) is 37.4 Å². The van der Waals surface area contributed by atoms with Crippen molar-refractivity contribution in [2.75, 3.05) is 13.2 Å². The first-order chi connectivity index (χ1) is 11.8. The highest BCUT2D eigenvalue weighted by Gasteiger charge is 2.22. The third-order valence-electron chi connectivity index (χ3n) is 4.30. The predicted molar refractivity (Wildman–Crippen MR) is 90.7 cm³/mol. The number of benzene rings is 1. The zero-order chi connectivity index (χ0) is 16.8. The number of aryl methyl sites for hydroxylation is 1. The number of carbonyl (C=O) groups excluding carboxylic acids is 1. The normalized spacial score (nSPS) is 17.1. The van der Waals surface area contributed by atoms with E-state index in [4.69, 9.17) is 4.74 Å². The van der Waals surface area contributed by atoms with E-state index in [1.165, 1.54) is 0 Å². The van der Waals surface area contributed by atoms with Crippen molar-refractivity contribution in [3.63, 3.8) is 0 Å². The minimum absolute atomic E-state index is 0.000892. The number of aromatic nitrogens is 3. The van der Waals surface area contributed by atoms with Crippen molar-refractivity contribution >= 4 is 5.91 Å². The van der Waals surface area contributed by atoms with Gasteiger partial charge >= 0.3 is 0 Å². The molecular formula is C18H24N4O2. The molecule has 128 valence electrons. The summed E-state index contributed by atoms with van der Waals surface area (Å²) in [5, 5.41) is 11.4. The number of carbonyl (C=O) groups is 1. The van der Waals surface area contributed by atoms with Crippen LogP contribution >= 0.6 is 0 Å². The lowest BCUT2D eigenvalue weighted by molar-refractivity contribution is -0.125. The van der Waals surface area contributed by atoms with E-state index in [0.717, 1.165) is 42.6 Å². The van der Waals surface area contributed by atoms with E-state index in [9.17, 15) is 4.79 Å². The summed E-state index contributed by atoms with van der Waals surface area (Å²) in [6.07, 6.45) is 6.04. The Labute approximate surface area is 142 Å². The van der Waals surface area contributed by atoms with E-state index in [1.807, 2.05) is 30.5 Å². The minimum atomic E-state index is 0.000892. The van der Waals surface area contributed by atoms with E-state index < -0.39 is 0 Å². The number of hydrogen-bond acceptors (Lipinski definition) is 4. The molecule has 1 amide bonds. The fraction of sp³-hybridized carbons (Fsp3) is 0.500. The third kappa shape index (κ3) is 4.20. The quantitative estimate of drug-likeness (QED) is 0.846. The molecule has 24 heavy (non-hydrogen) atoms. The molecule has 1 aliphatic heterocycles. The molecule has 1 atom stereocenters. The number of nitrogens with one attached hydrogen (secondary N) is 1. The maximum atomic E-state index is 12.0. The van der Waals surface area contributed by atoms with Crippen LogP contribution in [0, 0.1) is 5.92 Å². The third-order valence-corrected chi connectivity index (χ3v) is 4.30. The van der Waals surface area contributed by atoms with Crippen molar-refractivity contribution < 1.29 is 9.53 Å². The molecule has 1 aliphatic rings. The smallest absolute Gasteiger partial charge is 0.225 e. The highest BCUT2D eigenvalue weighted by Crippen LogP contribution is 2.13. The summed E-state index contributed by atoms with van der Waals surface area (Å²) in [5.74, 6) is 0.0781. The van der Waals surface area contributed by atoms with E-state index in [2.05, 4.69) is 22.6 Å². The Hall–Kier alpha value is -2.21. The van der Waals surface area contributed by atoms with Crippen molar-refractivity contribution in [3.05, 3.63) is 41.7 Å². The van der Waals surface area contributed by atoms with Crippen LogP contribution in [-0.2, 0) is 22.5 Å². The van der Waals surface area contributed by atoms with Crippen molar-refractivity contribution in [1.29, 1.82) is 0 Å². The van der Waals surface area contributed by atoms with E-state index in [0.29, 0.717) is 19.8 Å². The van der Waals surface area contributed by atoms with Gasteiger partial charge in [0, 0.05) is 13.2 Å². The van der Waals surface area contributed by atoms with Crippen molar-refractivity contribution in [2.45, 2.75) is 39.2 Å². The lowest BCUT2D eigenvalue weighted by Gasteiger charge is -2.09. The number of rotatable bonds is 7. The van der Waals surface area contributed by atoms with Gasteiger partial charge in [-0.3, -0.25) is 4.79 Å². The molecule has 1 aromatic carbocycles. The van der Waals surface area contributed by atoms with Crippen molar-refractivity contribution in [3.8, 4) is 5.69 Å². The van der Waals surface area contributed by atoms with Gasteiger partial charge in [0.05, 0.1) is 30.1 Å². The van der Waals surface area contributed by atoms with Crippen LogP contribution < -0.4 is 5.32 Å². The molecule has 6 nitrogen and oxygen atoms in total. The first-order valence-corrected chi connectivity index (χ1v) is 8.62. The molecule has 0 spiro atoms. The highest BCUT2D eigenvalue weighted by atomic mass is 16.5. The number of unbranched alkanes of at least 4 members (excludes halogenated alkanes) is 1. The summed E-state index contributed by atoms with van der Waals surface area (Å²) in [7, 11) is 0. The number of amides is 1. The zero-order valence-electron chi connectivity index (χ0n) is 14.1. The molecular weight excluding hydrogens is 304 g/mol. The van der Waals surface area contributed by atoms with Crippen LogP contribution in [0.2, 0.25) is 0 Å². The van der Waals surface area contributed by atoms with Crippen LogP contribution in [0.25, 0.3) is 5.69 Å². The first kappa shape index (κ1) is 16.6. The SMILES string of the molecule is CCCCc1cn(-c2ccc(CNC(=O)[C@H]3CCOC3)cc2)nn1. The van der Waals surface area contributed by atoms with Gasteiger partial charge in [-0.25, -0.2) is 4.68 Å². The Morgan fingerprint density at radius 2 is 2.21 bits per heavy atom. The molecule has 0 unspecified atom stereocenters. The second-order valence-electron chi connectivity index (χ2n) is 6.20. The minimum Gasteiger partial charge on any atom is -0.381 e. The second kappa shape index (κ2) is 8.06. The summed E-state index contributed by atoms with van der Waals surface area (Å²) in [6.45, 7) is 3.93. The average Bonchev–Trinajstić information content (AvgIpc) is 3.30. The predicted octanol–water partition coefficient (Wildman–Crippen LogP) is 2.26. The molecule has 1 fully saturated rings. The van der Waals surface area contributed by atoms with Gasteiger partial charge in [0.1, 0.15) is 0 Å². The summed E-state index contributed by atoms with van der Waals surface area (Å²) in [6, 6.07) is 8.01. The first-order valence-electron chi connectivity index (χ1n) is 8.62. The summed E-state index contributed by atoms with van der Waals surface area (Å²) in [5.41, 5.74) is 3.06. The zero-order valence-corrected chi connectivity index (χ0v) is 14.1. The van der Waals surface area contributed by atoms with Crippen LogP contribution in [-0.4, -0.2) is 34.1 Å². The van der Waals surface area contributed by atoms with E-state index in [1.54, 1.807) is 4.68 Å². The Balaban J connectivity index is 1.54. The largest absolute Gasteiger partial charge is 0.381 e. The summed E-state index contributed by atoms with van der Waals surface area (Å²) in [4.78, 5) is 12.0. The fourth-order valence-electron chi connectivity index (χ4n) is 2.74. The van der Waals surface area contributed by atoms with Gasteiger partial charge in [0.2, 0.25) is 5.91 Å². The van der Waals surface area contributed by atoms with E-state index >= 15 is 0 Å². The molecule has 0 radical (unpaired) electrons. The topological polar surface area (TPSA) is 69.0 Å². The Kier molecular flexibility index (Phi) is 5.59. The number of hydrogen-bond donors (Lipinski definition) is 1. The molecule has 0 saturated carbocycles. The van der Waals surface area contributed by atoms with Crippen LogP contribution in [0.15, 0.2) is 30.5 Å². The second-order valence-corrected chi connectivity index (χ2v) is 6.20. The standard InChI is InChI=1S/C18H24N4O2/c1-2-3-4-16-12-22(21-20-16)17-7-5-14(6-8-17)11-19-18(23)15-9-10-24-13-15/h5-8,12,15H,2-4,9-11,13H2,1H3,(H,19,23)/t15-/m0/s1. The van der Waals surface area contributed by atoms with Gasteiger partial charge in [-0.15, -0.1) is 5.10 Å². The lowest BCUT2D eigenvalue weighted by Crippen LogP contribution is -2.30. The van der Waals surface area contributed by atoms with Gasteiger partial charge in [0.25, 0.3) is 0 Å². The molecule has 1 N–H and O–H groups in total. The molecule has 1 aromatic heterocycles. The van der Waals surface area contributed by atoms with Gasteiger partial charge in [0.15, 0.2) is 0 Å². The van der Waals surface area contributed by atoms with Gasteiger partial charge in [-0.05, 0) is 37.0 Å². The molecule has 6 heteroatoms. The summed E-state index contributed by atoms with van der Waals surface area (Å²) >= 11 is 0. The number of nitrogens with zero attached hydrogens (tertiary/aromatic N) is 3. The molecule has 2 heterocycles. The molecule has 0 aliphatic carbocycles. The lowest BCUT2D eigenvalue weighted by atomic mass is 10.1. The monoisotopic (exact) mass is 328 g/mol.